The quantitative estimate of drug-likeness (QED) is 0.783. The van der Waals surface area contributed by atoms with Gasteiger partial charge in [0.1, 0.15) is 5.82 Å². The normalized spacial score (nSPS) is 11.1. The molecule has 4 heteroatoms. The highest BCUT2D eigenvalue weighted by atomic mass is 19.1. The summed E-state index contributed by atoms with van der Waals surface area (Å²) in [6.45, 7) is 2.18. The molecule has 21 heavy (non-hydrogen) atoms. The first-order chi connectivity index (χ1) is 10.2. The molecule has 0 aliphatic carbocycles. The highest BCUT2D eigenvalue weighted by Gasteiger charge is 2.10. The Morgan fingerprint density at radius 3 is 2.62 bits per heavy atom. The third kappa shape index (κ3) is 2.61. The molecule has 0 amide bonds. The number of nitrogen functional groups attached to an aromatic ring is 1. The summed E-state index contributed by atoms with van der Waals surface area (Å²) in [5.74, 6) is 0.0834. The predicted molar refractivity (Wildman–Crippen MR) is 84.1 cm³/mol. The Bertz CT molecular complexity index is 760. The monoisotopic (exact) mass is 283 g/mol. The van der Waals surface area contributed by atoms with E-state index in [9.17, 15) is 4.39 Å². The van der Waals surface area contributed by atoms with Crippen LogP contribution in [0.2, 0.25) is 0 Å². The molecule has 0 spiro atoms. The fourth-order valence-corrected chi connectivity index (χ4v) is 2.53. The lowest BCUT2D eigenvalue weighted by atomic mass is 10.1. The number of benzene rings is 2. The maximum atomic E-state index is 13.5. The Hall–Kier alpha value is -2.36. The Balaban J connectivity index is 2.03. The summed E-state index contributed by atoms with van der Waals surface area (Å²) in [6, 6.07) is 12.7. The van der Waals surface area contributed by atoms with Crippen molar-refractivity contribution in [2.24, 2.45) is 0 Å². The summed E-state index contributed by atoms with van der Waals surface area (Å²) in [6.07, 6.45) is 3.44. The zero-order valence-corrected chi connectivity index (χ0v) is 12.0. The van der Waals surface area contributed by atoms with E-state index in [2.05, 4.69) is 24.0 Å². The van der Waals surface area contributed by atoms with Crippen LogP contribution in [0.15, 0.2) is 42.5 Å². The van der Waals surface area contributed by atoms with Gasteiger partial charge in [-0.3, -0.25) is 4.57 Å². The van der Waals surface area contributed by atoms with Gasteiger partial charge in [0.05, 0.1) is 11.0 Å². The summed E-state index contributed by atoms with van der Waals surface area (Å²) in [4.78, 5) is 4.28. The number of hydrogen-bond acceptors (Lipinski definition) is 2. The van der Waals surface area contributed by atoms with E-state index in [1.54, 1.807) is 10.6 Å². The van der Waals surface area contributed by atoms with Crippen LogP contribution in [0.3, 0.4) is 0 Å². The molecule has 0 atom stereocenters. The van der Waals surface area contributed by atoms with Crippen molar-refractivity contribution in [3.63, 3.8) is 0 Å². The molecule has 0 aliphatic rings. The first-order valence-electron chi connectivity index (χ1n) is 7.22. The standard InChI is InChI=1S/C17H18FN3/c1-2-3-4-12-5-8-14(9-6-12)21-16-11-13(18)7-10-15(16)20-17(21)19/h5-11H,2-4H2,1H3,(H2,19,20). The number of nitrogens with zero attached hydrogens (tertiary/aromatic N) is 2. The van der Waals surface area contributed by atoms with Crippen molar-refractivity contribution < 1.29 is 4.39 Å². The van der Waals surface area contributed by atoms with Gasteiger partial charge < -0.3 is 5.73 Å². The number of halogens is 1. The number of hydrogen-bond donors (Lipinski definition) is 1. The second-order valence-electron chi connectivity index (χ2n) is 5.21. The van der Waals surface area contributed by atoms with Crippen molar-refractivity contribution in [1.82, 2.24) is 9.55 Å². The zero-order valence-electron chi connectivity index (χ0n) is 12.0. The zero-order chi connectivity index (χ0) is 14.8. The van der Waals surface area contributed by atoms with Gasteiger partial charge in [-0.1, -0.05) is 25.5 Å². The fraction of sp³-hybridized carbons (Fsp3) is 0.235. The highest BCUT2D eigenvalue weighted by Crippen LogP contribution is 2.24. The first-order valence-corrected chi connectivity index (χ1v) is 7.22. The highest BCUT2D eigenvalue weighted by molar-refractivity contribution is 5.80. The Labute approximate surface area is 123 Å². The summed E-state index contributed by atoms with van der Waals surface area (Å²) in [5, 5.41) is 0. The largest absolute Gasteiger partial charge is 0.369 e. The number of nitrogens with two attached hydrogens (primary N) is 1. The SMILES string of the molecule is CCCCc1ccc(-n2c(N)nc3ccc(F)cc32)cc1. The van der Waals surface area contributed by atoms with Crippen LogP contribution in [0.4, 0.5) is 10.3 Å². The van der Waals surface area contributed by atoms with Crippen LogP contribution in [0, 0.1) is 5.82 Å². The van der Waals surface area contributed by atoms with Gasteiger partial charge in [0.15, 0.2) is 0 Å². The van der Waals surface area contributed by atoms with Crippen LogP contribution in [0.25, 0.3) is 16.7 Å². The van der Waals surface area contributed by atoms with Gasteiger partial charge in [-0.2, -0.15) is 0 Å². The van der Waals surface area contributed by atoms with Crippen molar-refractivity contribution in [1.29, 1.82) is 0 Å². The van der Waals surface area contributed by atoms with Crippen LogP contribution in [-0.2, 0) is 6.42 Å². The van der Waals surface area contributed by atoms with Crippen LogP contribution in [0.1, 0.15) is 25.3 Å². The molecule has 3 aromatic rings. The number of unbranched alkanes of at least 4 members (excludes halogenated alkanes) is 1. The van der Waals surface area contributed by atoms with Gasteiger partial charge in [-0.05, 0) is 42.7 Å². The molecule has 0 unspecified atom stereocenters. The number of aryl methyl sites for hydroxylation is 1. The van der Waals surface area contributed by atoms with E-state index in [1.807, 2.05) is 12.1 Å². The topological polar surface area (TPSA) is 43.8 Å². The fourth-order valence-electron chi connectivity index (χ4n) is 2.53. The van der Waals surface area contributed by atoms with Crippen LogP contribution < -0.4 is 5.73 Å². The van der Waals surface area contributed by atoms with Crippen LogP contribution in [-0.4, -0.2) is 9.55 Å². The smallest absolute Gasteiger partial charge is 0.205 e. The summed E-state index contributed by atoms with van der Waals surface area (Å²) in [5.41, 5.74) is 9.57. The van der Waals surface area contributed by atoms with Gasteiger partial charge in [0.2, 0.25) is 5.95 Å². The second kappa shape index (κ2) is 5.56. The molecule has 1 aromatic heterocycles. The van der Waals surface area contributed by atoms with Crippen LogP contribution in [0.5, 0.6) is 0 Å². The molecule has 2 aromatic carbocycles. The molecular formula is C17H18FN3. The molecule has 108 valence electrons. The van der Waals surface area contributed by atoms with E-state index in [0.717, 1.165) is 12.1 Å². The van der Waals surface area contributed by atoms with Crippen LogP contribution >= 0.6 is 0 Å². The average Bonchev–Trinajstić information content (AvgIpc) is 2.81. The van der Waals surface area contributed by atoms with Gasteiger partial charge in [0, 0.05) is 11.8 Å². The molecule has 0 saturated heterocycles. The van der Waals surface area contributed by atoms with Gasteiger partial charge in [-0.25, -0.2) is 9.37 Å². The lowest BCUT2D eigenvalue weighted by molar-refractivity contribution is 0.629. The molecule has 0 bridgehead atoms. The Kier molecular flexibility index (Phi) is 3.60. The average molecular weight is 283 g/mol. The first kappa shape index (κ1) is 13.6. The molecule has 0 fully saturated rings. The molecule has 3 nitrogen and oxygen atoms in total. The Morgan fingerprint density at radius 2 is 1.90 bits per heavy atom. The number of rotatable bonds is 4. The third-order valence-electron chi connectivity index (χ3n) is 3.66. The minimum Gasteiger partial charge on any atom is -0.369 e. The predicted octanol–water partition coefficient (Wildman–Crippen LogP) is 4.09. The lowest BCUT2D eigenvalue weighted by Gasteiger charge is -2.08. The summed E-state index contributed by atoms with van der Waals surface area (Å²) < 4.78 is 15.2. The minimum absolute atomic E-state index is 0.289. The molecule has 0 radical (unpaired) electrons. The van der Waals surface area contributed by atoms with E-state index in [-0.39, 0.29) is 5.82 Å². The van der Waals surface area contributed by atoms with Crippen molar-refractivity contribution in [2.45, 2.75) is 26.2 Å². The maximum absolute atomic E-state index is 13.5. The minimum atomic E-state index is -0.289. The van der Waals surface area contributed by atoms with Gasteiger partial charge in [-0.15, -0.1) is 0 Å². The van der Waals surface area contributed by atoms with Gasteiger partial charge >= 0.3 is 0 Å². The molecule has 0 aliphatic heterocycles. The number of anilines is 1. The Morgan fingerprint density at radius 1 is 1.14 bits per heavy atom. The number of aromatic nitrogens is 2. The second-order valence-corrected chi connectivity index (χ2v) is 5.21. The van der Waals surface area contributed by atoms with E-state index in [4.69, 9.17) is 5.73 Å². The third-order valence-corrected chi connectivity index (χ3v) is 3.66. The van der Waals surface area contributed by atoms with Crippen molar-refractivity contribution in [3.05, 3.63) is 53.8 Å². The summed E-state index contributed by atoms with van der Waals surface area (Å²) in [7, 11) is 0. The number of fused-ring (bicyclic) bond motifs is 1. The van der Waals surface area contributed by atoms with Crippen molar-refractivity contribution in [3.8, 4) is 5.69 Å². The lowest BCUT2D eigenvalue weighted by Crippen LogP contribution is -2.00. The van der Waals surface area contributed by atoms with Gasteiger partial charge in [0.25, 0.3) is 0 Å². The van der Waals surface area contributed by atoms with E-state index < -0.39 is 0 Å². The van der Waals surface area contributed by atoms with Crippen molar-refractivity contribution >= 4 is 17.0 Å². The molecular weight excluding hydrogens is 265 g/mol. The number of imidazole rings is 1. The summed E-state index contributed by atoms with van der Waals surface area (Å²) >= 11 is 0. The van der Waals surface area contributed by atoms with E-state index >= 15 is 0 Å². The molecule has 2 N–H and O–H groups in total. The maximum Gasteiger partial charge on any atom is 0.205 e. The molecule has 1 heterocycles. The molecule has 3 rings (SSSR count). The van der Waals surface area contributed by atoms with E-state index in [0.29, 0.717) is 17.0 Å². The van der Waals surface area contributed by atoms with Crippen molar-refractivity contribution in [2.75, 3.05) is 5.73 Å². The molecule has 0 saturated carbocycles. The van der Waals surface area contributed by atoms with E-state index in [1.165, 1.54) is 30.5 Å².